The zero-order valence-electron chi connectivity index (χ0n) is 11.8. The van der Waals surface area contributed by atoms with Crippen molar-refractivity contribution in [2.45, 2.75) is 12.8 Å². The molecule has 21 heavy (non-hydrogen) atoms. The van der Waals surface area contributed by atoms with Crippen LogP contribution in [0.25, 0.3) is 0 Å². The van der Waals surface area contributed by atoms with Crippen molar-refractivity contribution in [3.63, 3.8) is 0 Å². The maximum atomic E-state index is 12.0. The normalized spacial score (nSPS) is 18.2. The Bertz CT molecular complexity index is 609. The fraction of sp³-hybridized carbons (Fsp3) is 0.278. The van der Waals surface area contributed by atoms with Gasteiger partial charge in [-0.15, -0.1) is 11.6 Å². The second-order valence-corrected chi connectivity index (χ2v) is 5.87. The van der Waals surface area contributed by atoms with Crippen molar-refractivity contribution < 1.29 is 4.79 Å². The number of hydrogen-bond donors (Lipinski definition) is 0. The zero-order chi connectivity index (χ0) is 14.7. The molecule has 0 bridgehead atoms. The second kappa shape index (κ2) is 6.31. The summed E-state index contributed by atoms with van der Waals surface area (Å²) in [6.45, 7) is 0.736. The molecular formula is C18H18ClNO. The molecule has 0 aromatic heterocycles. The molecule has 1 saturated heterocycles. The third-order valence-electron chi connectivity index (χ3n) is 3.92. The van der Waals surface area contributed by atoms with Gasteiger partial charge in [0.15, 0.2) is 0 Å². The van der Waals surface area contributed by atoms with Crippen LogP contribution in [0.5, 0.6) is 0 Å². The molecule has 1 aliphatic rings. The van der Waals surface area contributed by atoms with Crippen molar-refractivity contribution in [2.75, 3.05) is 17.3 Å². The van der Waals surface area contributed by atoms with Gasteiger partial charge in [-0.2, -0.15) is 0 Å². The SMILES string of the molecule is O=C1CC(CCl)CN1c1ccc(Cc2ccccc2)cc1. The predicted molar refractivity (Wildman–Crippen MR) is 86.9 cm³/mol. The van der Waals surface area contributed by atoms with Crippen molar-refractivity contribution in [1.82, 2.24) is 0 Å². The molecule has 2 aromatic rings. The molecule has 0 N–H and O–H groups in total. The Morgan fingerprint density at radius 2 is 1.67 bits per heavy atom. The second-order valence-electron chi connectivity index (χ2n) is 5.56. The van der Waals surface area contributed by atoms with Crippen LogP contribution >= 0.6 is 11.6 Å². The smallest absolute Gasteiger partial charge is 0.227 e. The first-order valence-electron chi connectivity index (χ1n) is 7.25. The molecule has 0 radical (unpaired) electrons. The molecule has 0 aliphatic carbocycles. The quantitative estimate of drug-likeness (QED) is 0.785. The van der Waals surface area contributed by atoms with Gasteiger partial charge in [0.2, 0.25) is 5.91 Å². The van der Waals surface area contributed by atoms with Crippen molar-refractivity contribution >= 4 is 23.2 Å². The first kappa shape index (κ1) is 14.2. The van der Waals surface area contributed by atoms with Crippen LogP contribution in [0.3, 0.4) is 0 Å². The van der Waals surface area contributed by atoms with Crippen molar-refractivity contribution in [1.29, 1.82) is 0 Å². The van der Waals surface area contributed by atoms with E-state index in [4.69, 9.17) is 11.6 Å². The number of benzene rings is 2. The molecule has 1 aliphatic heterocycles. The van der Waals surface area contributed by atoms with Crippen molar-refractivity contribution in [3.05, 3.63) is 65.7 Å². The van der Waals surface area contributed by atoms with Crippen LogP contribution in [-0.2, 0) is 11.2 Å². The van der Waals surface area contributed by atoms with E-state index in [-0.39, 0.29) is 11.8 Å². The highest BCUT2D eigenvalue weighted by atomic mass is 35.5. The van der Waals surface area contributed by atoms with Gasteiger partial charge in [-0.05, 0) is 35.6 Å². The molecule has 1 unspecified atom stereocenters. The number of alkyl halides is 1. The van der Waals surface area contributed by atoms with E-state index in [9.17, 15) is 4.79 Å². The minimum absolute atomic E-state index is 0.177. The average Bonchev–Trinajstić information content (AvgIpc) is 2.90. The largest absolute Gasteiger partial charge is 0.312 e. The van der Waals surface area contributed by atoms with Crippen LogP contribution in [0.1, 0.15) is 17.5 Å². The summed E-state index contributed by atoms with van der Waals surface area (Å²) < 4.78 is 0. The Balaban J connectivity index is 1.71. The van der Waals surface area contributed by atoms with Crippen molar-refractivity contribution in [2.24, 2.45) is 5.92 Å². The minimum Gasteiger partial charge on any atom is -0.312 e. The van der Waals surface area contributed by atoms with Crippen molar-refractivity contribution in [3.8, 4) is 0 Å². The molecule has 3 rings (SSSR count). The Morgan fingerprint density at radius 3 is 2.29 bits per heavy atom. The van der Waals surface area contributed by atoms with E-state index in [2.05, 4.69) is 36.4 Å². The number of nitrogens with zero attached hydrogens (tertiary/aromatic N) is 1. The number of anilines is 1. The van der Waals surface area contributed by atoms with Gasteiger partial charge in [-0.1, -0.05) is 42.5 Å². The molecule has 1 atom stereocenters. The summed E-state index contributed by atoms with van der Waals surface area (Å²) in [5.41, 5.74) is 3.53. The third kappa shape index (κ3) is 3.27. The predicted octanol–water partition coefficient (Wildman–Crippen LogP) is 3.87. The number of amides is 1. The minimum atomic E-state index is 0.177. The van der Waals surface area contributed by atoms with Gasteiger partial charge in [-0.25, -0.2) is 0 Å². The Labute approximate surface area is 130 Å². The third-order valence-corrected chi connectivity index (χ3v) is 4.36. The van der Waals surface area contributed by atoms with Crippen LogP contribution in [0.2, 0.25) is 0 Å². The standard InChI is InChI=1S/C18H18ClNO/c19-12-16-11-18(21)20(13-16)17-8-6-15(7-9-17)10-14-4-2-1-3-5-14/h1-9,16H,10-13H2. The number of halogens is 1. The summed E-state index contributed by atoms with van der Waals surface area (Å²) in [5.74, 6) is 1.01. The van der Waals surface area contributed by atoms with Gasteiger partial charge < -0.3 is 4.90 Å². The summed E-state index contributed by atoms with van der Waals surface area (Å²) >= 11 is 5.86. The zero-order valence-corrected chi connectivity index (χ0v) is 12.6. The molecular weight excluding hydrogens is 282 g/mol. The van der Waals surface area contributed by atoms with Crippen LogP contribution in [-0.4, -0.2) is 18.3 Å². The molecule has 0 saturated carbocycles. The first-order chi connectivity index (χ1) is 10.3. The van der Waals surface area contributed by atoms with Gasteiger partial charge in [0.1, 0.15) is 0 Å². The lowest BCUT2D eigenvalue weighted by Crippen LogP contribution is -2.24. The Kier molecular flexibility index (Phi) is 4.26. The maximum absolute atomic E-state index is 12.0. The van der Waals surface area contributed by atoms with E-state index in [1.54, 1.807) is 0 Å². The van der Waals surface area contributed by atoms with E-state index in [1.165, 1.54) is 11.1 Å². The number of hydrogen-bond acceptors (Lipinski definition) is 1. The highest BCUT2D eigenvalue weighted by Crippen LogP contribution is 2.26. The molecule has 3 heteroatoms. The number of carbonyl (C=O) groups is 1. The lowest BCUT2D eigenvalue weighted by Gasteiger charge is -2.16. The summed E-state index contributed by atoms with van der Waals surface area (Å²) in [5, 5.41) is 0. The van der Waals surface area contributed by atoms with E-state index in [1.807, 2.05) is 23.1 Å². The lowest BCUT2D eigenvalue weighted by atomic mass is 10.0. The Hall–Kier alpha value is -1.80. The maximum Gasteiger partial charge on any atom is 0.227 e. The monoisotopic (exact) mass is 299 g/mol. The number of carbonyl (C=O) groups excluding carboxylic acids is 1. The van der Waals surface area contributed by atoms with Crippen LogP contribution < -0.4 is 4.90 Å². The van der Waals surface area contributed by atoms with E-state index >= 15 is 0 Å². The van der Waals surface area contributed by atoms with Gasteiger partial charge >= 0.3 is 0 Å². The lowest BCUT2D eigenvalue weighted by molar-refractivity contribution is -0.117. The Morgan fingerprint density at radius 1 is 1.00 bits per heavy atom. The molecule has 0 spiro atoms. The van der Waals surface area contributed by atoms with E-state index in [0.29, 0.717) is 12.3 Å². The topological polar surface area (TPSA) is 20.3 Å². The van der Waals surface area contributed by atoms with Gasteiger partial charge in [0.25, 0.3) is 0 Å². The molecule has 2 aromatic carbocycles. The van der Waals surface area contributed by atoms with Gasteiger partial charge in [0.05, 0.1) is 0 Å². The summed E-state index contributed by atoms with van der Waals surface area (Å²) in [6.07, 6.45) is 1.48. The fourth-order valence-corrected chi connectivity index (χ4v) is 2.97. The number of rotatable bonds is 4. The van der Waals surface area contributed by atoms with Gasteiger partial charge in [-0.3, -0.25) is 4.79 Å². The summed E-state index contributed by atoms with van der Waals surface area (Å²) in [6, 6.07) is 18.7. The molecule has 1 heterocycles. The van der Waals surface area contributed by atoms with Gasteiger partial charge in [0, 0.05) is 24.5 Å². The average molecular weight is 300 g/mol. The summed E-state index contributed by atoms with van der Waals surface area (Å²) in [4.78, 5) is 13.8. The van der Waals surface area contributed by atoms with Crippen LogP contribution in [0, 0.1) is 5.92 Å². The molecule has 108 valence electrons. The van der Waals surface area contributed by atoms with E-state index < -0.39 is 0 Å². The highest BCUT2D eigenvalue weighted by molar-refractivity contribution is 6.18. The fourth-order valence-electron chi connectivity index (χ4n) is 2.76. The molecule has 2 nitrogen and oxygen atoms in total. The molecule has 1 amide bonds. The first-order valence-corrected chi connectivity index (χ1v) is 7.79. The van der Waals surface area contributed by atoms with Crippen LogP contribution in [0.4, 0.5) is 5.69 Å². The van der Waals surface area contributed by atoms with Crippen LogP contribution in [0.15, 0.2) is 54.6 Å². The molecule has 1 fully saturated rings. The summed E-state index contributed by atoms with van der Waals surface area (Å²) in [7, 11) is 0. The highest BCUT2D eigenvalue weighted by Gasteiger charge is 2.29. The van der Waals surface area contributed by atoms with E-state index in [0.717, 1.165) is 18.7 Å².